The molecule has 6 nitrogen and oxygen atoms in total. The lowest BCUT2D eigenvalue weighted by Crippen LogP contribution is -2.52. The predicted molar refractivity (Wildman–Crippen MR) is 98.3 cm³/mol. The third-order valence-electron chi connectivity index (χ3n) is 6.03. The number of hydrogen-bond donors (Lipinski definition) is 1. The summed E-state index contributed by atoms with van der Waals surface area (Å²) in [5, 5.41) is 3.21. The van der Waals surface area contributed by atoms with Gasteiger partial charge in [-0.05, 0) is 44.4 Å². The molecule has 1 aliphatic carbocycles. The topological polar surface area (TPSA) is 55.9 Å². The van der Waals surface area contributed by atoms with Gasteiger partial charge in [0.15, 0.2) is 0 Å². The first kappa shape index (κ1) is 18.6. The molecule has 2 saturated heterocycles. The summed E-state index contributed by atoms with van der Waals surface area (Å²) in [5.74, 6) is 1.25. The average molecular weight is 351 g/mol. The van der Waals surface area contributed by atoms with Gasteiger partial charge in [-0.3, -0.25) is 19.4 Å². The monoisotopic (exact) mass is 350 g/mol. The van der Waals surface area contributed by atoms with E-state index < -0.39 is 0 Å². The van der Waals surface area contributed by atoms with E-state index in [1.807, 2.05) is 4.90 Å². The van der Waals surface area contributed by atoms with Gasteiger partial charge in [-0.25, -0.2) is 0 Å². The van der Waals surface area contributed by atoms with Crippen LogP contribution in [0.15, 0.2) is 0 Å². The lowest BCUT2D eigenvalue weighted by Gasteiger charge is -2.35. The van der Waals surface area contributed by atoms with Gasteiger partial charge < -0.3 is 10.2 Å². The molecule has 0 aromatic rings. The molecule has 0 spiro atoms. The fourth-order valence-corrected chi connectivity index (χ4v) is 4.24. The second-order valence-electron chi connectivity index (χ2n) is 8.16. The minimum absolute atomic E-state index is 0.168. The summed E-state index contributed by atoms with van der Waals surface area (Å²) >= 11 is 0. The van der Waals surface area contributed by atoms with E-state index in [2.05, 4.69) is 22.0 Å². The Hall–Kier alpha value is -1.14. The van der Waals surface area contributed by atoms with Crippen molar-refractivity contribution in [3.63, 3.8) is 0 Å². The molecule has 0 atom stereocenters. The number of rotatable bonds is 5. The van der Waals surface area contributed by atoms with Crippen molar-refractivity contribution in [1.29, 1.82) is 0 Å². The SMILES string of the molecule is CC1CCC(NC(=O)CN2CCN(CC(=O)N3CCCC3)CC2)CC1. The van der Waals surface area contributed by atoms with Crippen molar-refractivity contribution in [3.05, 3.63) is 0 Å². The van der Waals surface area contributed by atoms with Crippen LogP contribution in [-0.2, 0) is 9.59 Å². The van der Waals surface area contributed by atoms with E-state index in [9.17, 15) is 9.59 Å². The molecule has 0 unspecified atom stereocenters. The zero-order valence-corrected chi connectivity index (χ0v) is 15.7. The molecule has 142 valence electrons. The number of carbonyl (C=O) groups is 2. The van der Waals surface area contributed by atoms with E-state index in [4.69, 9.17) is 0 Å². The molecule has 2 aliphatic heterocycles. The Bertz CT molecular complexity index is 448. The maximum Gasteiger partial charge on any atom is 0.236 e. The van der Waals surface area contributed by atoms with E-state index in [0.29, 0.717) is 19.1 Å². The summed E-state index contributed by atoms with van der Waals surface area (Å²) in [7, 11) is 0. The Morgan fingerprint density at radius 3 is 2.00 bits per heavy atom. The highest BCUT2D eigenvalue weighted by Gasteiger charge is 2.25. The zero-order chi connectivity index (χ0) is 17.6. The van der Waals surface area contributed by atoms with Gasteiger partial charge in [0.25, 0.3) is 0 Å². The number of hydrogen-bond acceptors (Lipinski definition) is 4. The van der Waals surface area contributed by atoms with Gasteiger partial charge in [-0.15, -0.1) is 0 Å². The molecule has 3 fully saturated rings. The fraction of sp³-hybridized carbons (Fsp3) is 0.895. The number of piperazine rings is 1. The van der Waals surface area contributed by atoms with Crippen LogP contribution in [0.25, 0.3) is 0 Å². The Kier molecular flexibility index (Phi) is 6.70. The van der Waals surface area contributed by atoms with Crippen molar-refractivity contribution in [1.82, 2.24) is 20.0 Å². The van der Waals surface area contributed by atoms with Crippen molar-refractivity contribution in [2.24, 2.45) is 5.92 Å². The van der Waals surface area contributed by atoms with Crippen LogP contribution >= 0.6 is 0 Å². The van der Waals surface area contributed by atoms with Crippen LogP contribution in [-0.4, -0.2) is 84.9 Å². The second kappa shape index (κ2) is 8.99. The predicted octanol–water partition coefficient (Wildman–Crippen LogP) is 0.921. The van der Waals surface area contributed by atoms with E-state index in [0.717, 1.165) is 70.9 Å². The summed E-state index contributed by atoms with van der Waals surface area (Å²) in [4.78, 5) is 30.9. The van der Waals surface area contributed by atoms with E-state index in [1.165, 1.54) is 12.8 Å². The van der Waals surface area contributed by atoms with Gasteiger partial charge in [0, 0.05) is 45.3 Å². The molecule has 6 heteroatoms. The van der Waals surface area contributed by atoms with Crippen molar-refractivity contribution < 1.29 is 9.59 Å². The first-order valence-corrected chi connectivity index (χ1v) is 10.1. The van der Waals surface area contributed by atoms with Crippen molar-refractivity contribution in [2.75, 3.05) is 52.4 Å². The molecule has 1 N–H and O–H groups in total. The van der Waals surface area contributed by atoms with Gasteiger partial charge in [-0.1, -0.05) is 6.92 Å². The number of likely N-dealkylation sites (tertiary alicyclic amines) is 1. The Morgan fingerprint density at radius 2 is 1.40 bits per heavy atom. The van der Waals surface area contributed by atoms with E-state index >= 15 is 0 Å². The summed E-state index contributed by atoms with van der Waals surface area (Å²) in [5.41, 5.74) is 0. The Morgan fingerprint density at radius 1 is 0.840 bits per heavy atom. The minimum atomic E-state index is 0.168. The highest BCUT2D eigenvalue weighted by molar-refractivity contribution is 5.79. The number of carbonyl (C=O) groups excluding carboxylic acids is 2. The molecule has 2 amide bonds. The van der Waals surface area contributed by atoms with Crippen LogP contribution in [0.3, 0.4) is 0 Å². The second-order valence-corrected chi connectivity index (χ2v) is 8.16. The van der Waals surface area contributed by atoms with Crippen molar-refractivity contribution >= 4 is 11.8 Å². The first-order chi connectivity index (χ1) is 12.1. The summed E-state index contributed by atoms with van der Waals surface area (Å²) in [6.07, 6.45) is 7.00. The standard InChI is InChI=1S/C19H34N4O2/c1-16-4-6-17(7-5-16)20-18(24)14-21-10-12-22(13-11-21)15-19(25)23-8-2-3-9-23/h16-17H,2-15H2,1H3,(H,20,24). The Balaban J connectivity index is 1.32. The maximum atomic E-state index is 12.3. The lowest BCUT2D eigenvalue weighted by molar-refractivity contribution is -0.132. The summed E-state index contributed by atoms with van der Waals surface area (Å²) in [6.45, 7) is 8.72. The van der Waals surface area contributed by atoms with Gasteiger partial charge in [0.1, 0.15) is 0 Å². The number of amides is 2. The molecular formula is C19H34N4O2. The highest BCUT2D eigenvalue weighted by atomic mass is 16.2. The normalized spacial score (nSPS) is 28.9. The molecule has 3 rings (SSSR count). The van der Waals surface area contributed by atoms with Gasteiger partial charge in [0.2, 0.25) is 11.8 Å². The summed E-state index contributed by atoms with van der Waals surface area (Å²) < 4.78 is 0. The molecule has 0 radical (unpaired) electrons. The number of nitrogens with zero attached hydrogens (tertiary/aromatic N) is 3. The molecule has 2 heterocycles. The summed E-state index contributed by atoms with van der Waals surface area (Å²) in [6, 6.07) is 0.378. The van der Waals surface area contributed by atoms with Crippen LogP contribution in [0.4, 0.5) is 0 Å². The van der Waals surface area contributed by atoms with Crippen LogP contribution in [0.1, 0.15) is 45.4 Å². The molecule has 1 saturated carbocycles. The van der Waals surface area contributed by atoms with Gasteiger partial charge >= 0.3 is 0 Å². The van der Waals surface area contributed by atoms with Crippen LogP contribution in [0.5, 0.6) is 0 Å². The van der Waals surface area contributed by atoms with Crippen LogP contribution < -0.4 is 5.32 Å². The van der Waals surface area contributed by atoms with Crippen LogP contribution in [0.2, 0.25) is 0 Å². The fourth-order valence-electron chi connectivity index (χ4n) is 4.24. The van der Waals surface area contributed by atoms with Gasteiger partial charge in [0.05, 0.1) is 13.1 Å². The smallest absolute Gasteiger partial charge is 0.236 e. The van der Waals surface area contributed by atoms with Crippen LogP contribution in [0, 0.1) is 5.92 Å². The molecule has 0 aromatic heterocycles. The minimum Gasteiger partial charge on any atom is -0.352 e. The molecule has 25 heavy (non-hydrogen) atoms. The molecular weight excluding hydrogens is 316 g/mol. The lowest BCUT2D eigenvalue weighted by atomic mass is 9.87. The third kappa shape index (κ3) is 5.68. The average Bonchev–Trinajstić information content (AvgIpc) is 3.13. The number of nitrogens with one attached hydrogen (secondary N) is 1. The third-order valence-corrected chi connectivity index (χ3v) is 6.03. The largest absolute Gasteiger partial charge is 0.352 e. The Labute approximate surface area is 151 Å². The first-order valence-electron chi connectivity index (χ1n) is 10.1. The van der Waals surface area contributed by atoms with Crippen molar-refractivity contribution in [2.45, 2.75) is 51.5 Å². The molecule has 3 aliphatic rings. The zero-order valence-electron chi connectivity index (χ0n) is 15.7. The maximum absolute atomic E-state index is 12.3. The quantitative estimate of drug-likeness (QED) is 0.801. The van der Waals surface area contributed by atoms with E-state index in [1.54, 1.807) is 0 Å². The van der Waals surface area contributed by atoms with Gasteiger partial charge in [-0.2, -0.15) is 0 Å². The molecule has 0 aromatic carbocycles. The highest BCUT2D eigenvalue weighted by Crippen LogP contribution is 2.23. The molecule has 0 bridgehead atoms. The van der Waals surface area contributed by atoms with Crippen molar-refractivity contribution in [3.8, 4) is 0 Å². The van der Waals surface area contributed by atoms with E-state index in [-0.39, 0.29) is 11.8 Å².